The van der Waals surface area contributed by atoms with Gasteiger partial charge in [-0.15, -0.1) is 0 Å². The molecule has 0 saturated heterocycles. The SMILES string of the molecule is CCCN(C)c1cccc(C(=O)c2ccccc2C(=O)O)c1O. The Morgan fingerprint density at radius 2 is 1.61 bits per heavy atom. The molecule has 2 aromatic rings. The van der Waals surface area contributed by atoms with Gasteiger partial charge in [0.2, 0.25) is 0 Å². The highest BCUT2D eigenvalue weighted by atomic mass is 16.4. The first-order chi connectivity index (χ1) is 11.0. The standard InChI is InChI=1S/C18H19NO4/c1-3-11-19(2)15-10-6-9-14(17(15)21)16(20)12-7-4-5-8-13(12)18(22)23/h4-10,21H,3,11H2,1-2H3,(H,22,23). The number of benzene rings is 2. The van der Waals surface area contributed by atoms with E-state index < -0.39 is 11.8 Å². The number of aromatic hydroxyl groups is 1. The van der Waals surface area contributed by atoms with Gasteiger partial charge in [-0.05, 0) is 24.6 Å². The largest absolute Gasteiger partial charge is 0.505 e. The van der Waals surface area contributed by atoms with Crippen molar-refractivity contribution in [3.8, 4) is 5.75 Å². The van der Waals surface area contributed by atoms with Crippen LogP contribution in [0.5, 0.6) is 5.75 Å². The number of rotatable bonds is 6. The minimum absolute atomic E-state index is 0.0607. The Kier molecular flexibility index (Phi) is 5.01. The van der Waals surface area contributed by atoms with Crippen LogP contribution in [-0.2, 0) is 0 Å². The fourth-order valence-electron chi connectivity index (χ4n) is 2.49. The maximum absolute atomic E-state index is 12.7. The molecule has 0 radical (unpaired) electrons. The van der Waals surface area contributed by atoms with Crippen LogP contribution in [-0.4, -0.2) is 35.6 Å². The number of hydrogen-bond donors (Lipinski definition) is 2. The average Bonchev–Trinajstić information content (AvgIpc) is 2.54. The zero-order valence-corrected chi connectivity index (χ0v) is 13.1. The van der Waals surface area contributed by atoms with Gasteiger partial charge in [0.1, 0.15) is 5.75 Å². The van der Waals surface area contributed by atoms with Crippen molar-refractivity contribution in [3.05, 3.63) is 59.2 Å². The molecule has 0 aromatic heterocycles. The van der Waals surface area contributed by atoms with E-state index in [4.69, 9.17) is 0 Å². The molecular weight excluding hydrogens is 294 g/mol. The van der Waals surface area contributed by atoms with Crippen molar-refractivity contribution in [3.63, 3.8) is 0 Å². The molecule has 2 N–H and O–H groups in total. The summed E-state index contributed by atoms with van der Waals surface area (Å²) >= 11 is 0. The first kappa shape index (κ1) is 16.5. The van der Waals surface area contributed by atoms with E-state index in [9.17, 15) is 19.8 Å². The predicted molar refractivity (Wildman–Crippen MR) is 88.5 cm³/mol. The molecular formula is C18H19NO4. The van der Waals surface area contributed by atoms with Crippen LogP contribution in [0.3, 0.4) is 0 Å². The summed E-state index contributed by atoms with van der Waals surface area (Å²) in [6.45, 7) is 2.75. The summed E-state index contributed by atoms with van der Waals surface area (Å²) in [6, 6.07) is 10.9. The lowest BCUT2D eigenvalue weighted by Crippen LogP contribution is -2.18. The fraction of sp³-hybridized carbons (Fsp3) is 0.222. The highest BCUT2D eigenvalue weighted by molar-refractivity contribution is 6.16. The molecule has 2 rings (SSSR count). The summed E-state index contributed by atoms with van der Waals surface area (Å²) in [5.41, 5.74) is 0.625. The summed E-state index contributed by atoms with van der Waals surface area (Å²) in [7, 11) is 1.83. The van der Waals surface area contributed by atoms with Crippen molar-refractivity contribution >= 4 is 17.4 Å². The third-order valence-electron chi connectivity index (χ3n) is 3.63. The maximum Gasteiger partial charge on any atom is 0.336 e. The van der Waals surface area contributed by atoms with E-state index in [1.165, 1.54) is 18.2 Å². The Hall–Kier alpha value is -2.82. The van der Waals surface area contributed by atoms with Gasteiger partial charge in [0, 0.05) is 19.2 Å². The van der Waals surface area contributed by atoms with Crippen LogP contribution in [0.1, 0.15) is 39.6 Å². The zero-order chi connectivity index (χ0) is 17.0. The van der Waals surface area contributed by atoms with Crippen LogP contribution in [0.25, 0.3) is 0 Å². The van der Waals surface area contributed by atoms with Crippen LogP contribution in [0, 0.1) is 0 Å². The Bertz CT molecular complexity index is 740. The molecule has 0 unspecified atom stereocenters. The Labute approximate surface area is 134 Å². The zero-order valence-electron chi connectivity index (χ0n) is 13.1. The van der Waals surface area contributed by atoms with E-state index in [0.717, 1.165) is 13.0 Å². The van der Waals surface area contributed by atoms with Gasteiger partial charge in [-0.2, -0.15) is 0 Å². The quantitative estimate of drug-likeness (QED) is 0.801. The van der Waals surface area contributed by atoms with Gasteiger partial charge in [-0.1, -0.05) is 31.2 Å². The number of carbonyl (C=O) groups is 2. The minimum Gasteiger partial charge on any atom is -0.505 e. The second kappa shape index (κ2) is 6.96. The summed E-state index contributed by atoms with van der Waals surface area (Å²) in [6.07, 6.45) is 0.899. The van der Waals surface area contributed by atoms with Crippen LogP contribution in [0.2, 0.25) is 0 Å². The number of phenolic OH excluding ortho intramolecular Hbond substituents is 1. The highest BCUT2D eigenvalue weighted by Gasteiger charge is 2.21. The second-order valence-electron chi connectivity index (χ2n) is 5.27. The molecule has 5 heteroatoms. The molecule has 120 valence electrons. The lowest BCUT2D eigenvalue weighted by atomic mass is 9.97. The van der Waals surface area contributed by atoms with Crippen molar-refractivity contribution < 1.29 is 19.8 Å². The van der Waals surface area contributed by atoms with Crippen molar-refractivity contribution in [2.75, 3.05) is 18.5 Å². The molecule has 0 fully saturated rings. The van der Waals surface area contributed by atoms with E-state index >= 15 is 0 Å². The third-order valence-corrected chi connectivity index (χ3v) is 3.63. The van der Waals surface area contributed by atoms with E-state index in [2.05, 4.69) is 0 Å². The molecule has 0 saturated carbocycles. The van der Waals surface area contributed by atoms with Crippen molar-refractivity contribution in [2.45, 2.75) is 13.3 Å². The van der Waals surface area contributed by atoms with E-state index in [1.807, 2.05) is 18.9 Å². The van der Waals surface area contributed by atoms with Crippen molar-refractivity contribution in [1.82, 2.24) is 0 Å². The monoisotopic (exact) mass is 313 g/mol. The van der Waals surface area contributed by atoms with Gasteiger partial charge in [0.15, 0.2) is 5.78 Å². The molecule has 0 aliphatic carbocycles. The number of anilines is 1. The number of hydrogen-bond acceptors (Lipinski definition) is 4. The minimum atomic E-state index is -1.17. The molecule has 5 nitrogen and oxygen atoms in total. The summed E-state index contributed by atoms with van der Waals surface area (Å²) in [4.78, 5) is 25.8. The molecule has 23 heavy (non-hydrogen) atoms. The third kappa shape index (κ3) is 3.34. The van der Waals surface area contributed by atoms with Gasteiger partial charge in [-0.25, -0.2) is 4.79 Å². The summed E-state index contributed by atoms with van der Waals surface area (Å²) in [5, 5.41) is 19.7. The highest BCUT2D eigenvalue weighted by Crippen LogP contribution is 2.32. The van der Waals surface area contributed by atoms with Gasteiger partial charge < -0.3 is 15.1 Å². The van der Waals surface area contributed by atoms with Gasteiger partial charge in [0.05, 0.1) is 16.8 Å². The van der Waals surface area contributed by atoms with Crippen LogP contribution >= 0.6 is 0 Å². The molecule has 0 amide bonds. The number of ketones is 1. The molecule has 0 aliphatic rings. The van der Waals surface area contributed by atoms with Crippen LogP contribution < -0.4 is 4.90 Å². The van der Waals surface area contributed by atoms with Crippen LogP contribution in [0.15, 0.2) is 42.5 Å². The van der Waals surface area contributed by atoms with E-state index in [1.54, 1.807) is 24.3 Å². The maximum atomic E-state index is 12.7. The summed E-state index contributed by atoms with van der Waals surface area (Å²) < 4.78 is 0. The molecule has 0 atom stereocenters. The number of aromatic carboxylic acids is 1. The number of carboxylic acids is 1. The van der Waals surface area contributed by atoms with E-state index in [-0.39, 0.29) is 22.4 Å². The fourth-order valence-corrected chi connectivity index (χ4v) is 2.49. The number of phenols is 1. The Morgan fingerprint density at radius 3 is 2.22 bits per heavy atom. The first-order valence-corrected chi connectivity index (χ1v) is 7.37. The Balaban J connectivity index is 2.49. The lowest BCUT2D eigenvalue weighted by molar-refractivity contribution is 0.0692. The van der Waals surface area contributed by atoms with Gasteiger partial charge >= 0.3 is 5.97 Å². The average molecular weight is 313 g/mol. The molecule has 2 aromatic carbocycles. The number of nitrogens with zero attached hydrogens (tertiary/aromatic N) is 1. The first-order valence-electron chi connectivity index (χ1n) is 7.37. The molecule has 0 aliphatic heterocycles. The van der Waals surface area contributed by atoms with Gasteiger partial charge in [-0.3, -0.25) is 4.79 Å². The summed E-state index contributed by atoms with van der Waals surface area (Å²) in [5.74, 6) is -1.81. The molecule has 0 spiro atoms. The second-order valence-corrected chi connectivity index (χ2v) is 5.27. The Morgan fingerprint density at radius 1 is 1.00 bits per heavy atom. The lowest BCUT2D eigenvalue weighted by Gasteiger charge is -2.20. The van der Waals surface area contributed by atoms with Crippen molar-refractivity contribution in [1.29, 1.82) is 0 Å². The smallest absolute Gasteiger partial charge is 0.336 e. The normalized spacial score (nSPS) is 10.3. The molecule has 0 bridgehead atoms. The van der Waals surface area contributed by atoms with Crippen molar-refractivity contribution in [2.24, 2.45) is 0 Å². The molecule has 0 heterocycles. The number of para-hydroxylation sites is 1. The topological polar surface area (TPSA) is 77.8 Å². The van der Waals surface area contributed by atoms with E-state index in [0.29, 0.717) is 5.69 Å². The number of carbonyl (C=O) groups excluding carboxylic acids is 1. The van der Waals surface area contributed by atoms with Gasteiger partial charge in [0.25, 0.3) is 0 Å². The van der Waals surface area contributed by atoms with Crippen LogP contribution in [0.4, 0.5) is 5.69 Å². The number of carboxylic acid groups (broad SMARTS) is 1. The predicted octanol–water partition coefficient (Wildman–Crippen LogP) is 3.17.